The molecule has 2 aliphatic carbocycles. The molecule has 0 radical (unpaired) electrons. The first kappa shape index (κ1) is 26.3. The van der Waals surface area contributed by atoms with E-state index in [4.69, 9.17) is 0 Å². The van der Waals surface area contributed by atoms with Gasteiger partial charge in [0, 0.05) is 27.9 Å². The molecule has 0 atom stereocenters. The summed E-state index contributed by atoms with van der Waals surface area (Å²) >= 11 is 0. The second kappa shape index (κ2) is 9.46. The van der Waals surface area contributed by atoms with E-state index >= 15 is 0 Å². The lowest BCUT2D eigenvalue weighted by Crippen LogP contribution is -2.18. The monoisotopic (exact) mass is 543 g/mol. The standard InChI is InChI=1S/C41H37N/c1-7-27(8-2)28-17-19-29(20-18-28)42(30-21-23-34-32-13-9-11-15-36(32)40(3,4)38(34)25-30)31-22-24-35-33-14-10-12-16-37(33)41(5,6)39(35)26-31/h7-26H,1H2,2-6H3/b27-8+. The van der Waals surface area contributed by atoms with Crippen LogP contribution >= 0.6 is 0 Å². The highest BCUT2D eigenvalue weighted by Gasteiger charge is 2.37. The van der Waals surface area contributed by atoms with E-state index in [1.807, 2.05) is 6.08 Å². The van der Waals surface area contributed by atoms with Gasteiger partial charge in [-0.1, -0.05) is 119 Å². The molecule has 0 saturated carbocycles. The van der Waals surface area contributed by atoms with Crippen molar-refractivity contribution in [1.82, 2.24) is 0 Å². The van der Waals surface area contributed by atoms with E-state index in [0.29, 0.717) is 0 Å². The number of benzene rings is 5. The van der Waals surface area contributed by atoms with E-state index in [0.717, 1.165) is 11.3 Å². The quantitative estimate of drug-likeness (QED) is 0.199. The lowest BCUT2D eigenvalue weighted by molar-refractivity contribution is 0.660. The van der Waals surface area contributed by atoms with Gasteiger partial charge in [0.05, 0.1) is 0 Å². The Morgan fingerprint density at radius 2 is 0.976 bits per heavy atom. The van der Waals surface area contributed by atoms with E-state index in [9.17, 15) is 0 Å². The Hall–Kier alpha value is -4.62. The van der Waals surface area contributed by atoms with Crippen LogP contribution in [0, 0.1) is 0 Å². The molecule has 206 valence electrons. The van der Waals surface area contributed by atoms with E-state index in [2.05, 4.69) is 161 Å². The number of hydrogen-bond donors (Lipinski definition) is 0. The van der Waals surface area contributed by atoms with Crippen LogP contribution in [-0.2, 0) is 10.8 Å². The van der Waals surface area contributed by atoms with Gasteiger partial charge in [0.2, 0.25) is 0 Å². The predicted octanol–water partition coefficient (Wildman–Crippen LogP) is 11.4. The van der Waals surface area contributed by atoms with Crippen molar-refractivity contribution in [1.29, 1.82) is 0 Å². The minimum Gasteiger partial charge on any atom is -0.310 e. The summed E-state index contributed by atoms with van der Waals surface area (Å²) in [4.78, 5) is 2.42. The van der Waals surface area contributed by atoms with Crippen molar-refractivity contribution >= 4 is 22.6 Å². The summed E-state index contributed by atoms with van der Waals surface area (Å²) in [5, 5.41) is 0. The third-order valence-corrected chi connectivity index (χ3v) is 9.64. The maximum atomic E-state index is 4.01. The second-order valence-corrected chi connectivity index (χ2v) is 12.6. The minimum absolute atomic E-state index is 0.0657. The summed E-state index contributed by atoms with van der Waals surface area (Å²) in [6, 6.07) is 40.7. The van der Waals surface area contributed by atoms with Crippen LogP contribution in [0.4, 0.5) is 17.1 Å². The molecule has 0 unspecified atom stereocenters. The molecule has 1 nitrogen and oxygen atoms in total. The van der Waals surface area contributed by atoms with Gasteiger partial charge in [-0.15, -0.1) is 0 Å². The average Bonchev–Trinajstić information content (AvgIpc) is 3.38. The fraction of sp³-hybridized carbons (Fsp3) is 0.171. The molecule has 5 aromatic rings. The Balaban J connectivity index is 1.41. The number of hydrogen-bond acceptors (Lipinski definition) is 1. The summed E-state index contributed by atoms with van der Waals surface area (Å²) in [6.07, 6.45) is 4.04. The van der Waals surface area contributed by atoms with Gasteiger partial charge in [-0.2, -0.15) is 0 Å². The SMILES string of the molecule is C=C/C(=C\C)c1ccc(N(c2ccc3c(c2)C(C)(C)c2ccccc2-3)c2ccc3c(c2)C(C)(C)c2ccccc2-3)cc1. The number of rotatable bonds is 5. The first-order valence-corrected chi connectivity index (χ1v) is 14.9. The van der Waals surface area contributed by atoms with Gasteiger partial charge in [-0.05, 0) is 99.0 Å². The third kappa shape index (κ3) is 3.77. The Morgan fingerprint density at radius 1 is 0.548 bits per heavy atom. The fourth-order valence-corrected chi connectivity index (χ4v) is 7.32. The maximum absolute atomic E-state index is 4.01. The second-order valence-electron chi connectivity index (χ2n) is 12.6. The van der Waals surface area contributed by atoms with Crippen molar-refractivity contribution in [3.05, 3.63) is 156 Å². The number of fused-ring (bicyclic) bond motifs is 6. The van der Waals surface area contributed by atoms with Crippen molar-refractivity contribution in [2.75, 3.05) is 4.90 Å². The van der Waals surface area contributed by atoms with E-state index in [-0.39, 0.29) is 10.8 Å². The van der Waals surface area contributed by atoms with E-state index < -0.39 is 0 Å². The number of nitrogens with zero attached hydrogens (tertiary/aromatic N) is 1. The van der Waals surface area contributed by atoms with Gasteiger partial charge in [0.25, 0.3) is 0 Å². The van der Waals surface area contributed by atoms with Gasteiger partial charge in [0.1, 0.15) is 0 Å². The molecule has 42 heavy (non-hydrogen) atoms. The van der Waals surface area contributed by atoms with Crippen molar-refractivity contribution in [2.24, 2.45) is 0 Å². The van der Waals surface area contributed by atoms with Gasteiger partial charge >= 0.3 is 0 Å². The fourth-order valence-electron chi connectivity index (χ4n) is 7.32. The Labute approximate surface area is 250 Å². The summed E-state index contributed by atoms with van der Waals surface area (Å²) in [5.74, 6) is 0. The minimum atomic E-state index is -0.0657. The smallest absolute Gasteiger partial charge is 0.0465 e. The van der Waals surface area contributed by atoms with Crippen LogP contribution in [0.3, 0.4) is 0 Å². The lowest BCUT2D eigenvalue weighted by Gasteiger charge is -2.30. The molecule has 0 N–H and O–H groups in total. The van der Waals surface area contributed by atoms with Crippen LogP contribution < -0.4 is 4.90 Å². The molecule has 0 aromatic heterocycles. The van der Waals surface area contributed by atoms with Crippen molar-refractivity contribution in [3.63, 3.8) is 0 Å². The molecule has 0 spiro atoms. The first-order chi connectivity index (χ1) is 20.3. The average molecular weight is 544 g/mol. The van der Waals surface area contributed by atoms with Crippen LogP contribution in [0.15, 0.2) is 128 Å². The van der Waals surface area contributed by atoms with Gasteiger partial charge in [-0.25, -0.2) is 0 Å². The lowest BCUT2D eigenvalue weighted by atomic mass is 9.82. The largest absolute Gasteiger partial charge is 0.310 e. The highest BCUT2D eigenvalue weighted by Crippen LogP contribution is 2.53. The molecule has 1 heteroatoms. The van der Waals surface area contributed by atoms with Crippen molar-refractivity contribution in [2.45, 2.75) is 45.4 Å². The Kier molecular flexibility index (Phi) is 5.92. The molecule has 0 fully saturated rings. The zero-order chi connectivity index (χ0) is 29.2. The first-order valence-electron chi connectivity index (χ1n) is 14.9. The van der Waals surface area contributed by atoms with Crippen LogP contribution in [-0.4, -0.2) is 0 Å². The number of anilines is 3. The highest BCUT2D eigenvalue weighted by molar-refractivity contribution is 5.88. The summed E-state index contributed by atoms with van der Waals surface area (Å²) < 4.78 is 0. The Bertz CT molecular complexity index is 1790. The van der Waals surface area contributed by atoms with Gasteiger partial charge in [-0.3, -0.25) is 0 Å². The molecular formula is C41H37N. The summed E-state index contributed by atoms with van der Waals surface area (Å²) in [7, 11) is 0. The van der Waals surface area contributed by atoms with E-state index in [1.54, 1.807) is 0 Å². The molecule has 0 aliphatic heterocycles. The van der Waals surface area contributed by atoms with Gasteiger partial charge in [0.15, 0.2) is 0 Å². The molecule has 5 aromatic carbocycles. The highest BCUT2D eigenvalue weighted by atomic mass is 15.1. The van der Waals surface area contributed by atoms with Crippen LogP contribution in [0.5, 0.6) is 0 Å². The van der Waals surface area contributed by atoms with E-state index in [1.165, 1.54) is 61.4 Å². The molecular weight excluding hydrogens is 506 g/mol. The van der Waals surface area contributed by atoms with Crippen LogP contribution in [0.1, 0.15) is 62.4 Å². The zero-order valence-corrected chi connectivity index (χ0v) is 25.2. The zero-order valence-electron chi connectivity index (χ0n) is 25.2. The molecule has 0 saturated heterocycles. The maximum Gasteiger partial charge on any atom is 0.0465 e. The van der Waals surface area contributed by atoms with Crippen LogP contribution in [0.25, 0.3) is 27.8 Å². The van der Waals surface area contributed by atoms with Crippen molar-refractivity contribution in [3.8, 4) is 22.3 Å². The topological polar surface area (TPSA) is 3.24 Å². The normalized spacial score (nSPS) is 15.4. The van der Waals surface area contributed by atoms with Gasteiger partial charge < -0.3 is 4.90 Å². The predicted molar refractivity (Wildman–Crippen MR) is 180 cm³/mol. The molecule has 0 bridgehead atoms. The summed E-state index contributed by atoms with van der Waals surface area (Å²) in [5.41, 5.74) is 16.6. The molecule has 0 heterocycles. The molecule has 2 aliphatic rings. The summed E-state index contributed by atoms with van der Waals surface area (Å²) in [6.45, 7) is 15.5. The number of allylic oxidation sites excluding steroid dienone is 3. The molecule has 7 rings (SSSR count). The molecule has 0 amide bonds. The van der Waals surface area contributed by atoms with Crippen LogP contribution in [0.2, 0.25) is 0 Å². The Morgan fingerprint density at radius 3 is 1.43 bits per heavy atom. The van der Waals surface area contributed by atoms with Crippen molar-refractivity contribution < 1.29 is 0 Å². The third-order valence-electron chi connectivity index (χ3n) is 9.64.